The average molecular weight is 290 g/mol. The van der Waals surface area contributed by atoms with E-state index in [2.05, 4.69) is 43.9 Å². The van der Waals surface area contributed by atoms with Gasteiger partial charge in [0.15, 0.2) is 0 Å². The van der Waals surface area contributed by atoms with Gasteiger partial charge in [0.25, 0.3) is 0 Å². The van der Waals surface area contributed by atoms with Gasteiger partial charge in [-0.3, -0.25) is 0 Å². The number of hydrogen-bond acceptors (Lipinski definition) is 3. The maximum atomic E-state index is 5.95. The lowest BCUT2D eigenvalue weighted by molar-refractivity contribution is 0.113. The molecule has 1 heterocycles. The minimum atomic E-state index is 0.682. The molecule has 2 rings (SSSR count). The monoisotopic (exact) mass is 290 g/mol. The first-order valence-electron chi connectivity index (χ1n) is 8.24. The molecule has 1 aliphatic rings. The van der Waals surface area contributed by atoms with Crippen molar-refractivity contribution in [2.45, 2.75) is 46.1 Å². The molecular weight excluding hydrogens is 260 g/mol. The van der Waals surface area contributed by atoms with Crippen molar-refractivity contribution >= 4 is 0 Å². The van der Waals surface area contributed by atoms with E-state index in [4.69, 9.17) is 10.5 Å². The number of likely N-dealkylation sites (tertiary alicyclic amines) is 1. The quantitative estimate of drug-likeness (QED) is 0.818. The molecule has 2 unspecified atom stereocenters. The Bertz CT molecular complexity index is 447. The van der Waals surface area contributed by atoms with Crippen LogP contribution in [0.2, 0.25) is 0 Å². The highest BCUT2D eigenvalue weighted by molar-refractivity contribution is 5.35. The molecule has 0 aliphatic carbocycles. The minimum absolute atomic E-state index is 0.682. The van der Waals surface area contributed by atoms with E-state index >= 15 is 0 Å². The van der Waals surface area contributed by atoms with Gasteiger partial charge in [0.1, 0.15) is 5.75 Å². The van der Waals surface area contributed by atoms with Crippen LogP contribution in [0.25, 0.3) is 0 Å². The van der Waals surface area contributed by atoms with Crippen molar-refractivity contribution < 1.29 is 4.74 Å². The molecule has 3 heteroatoms. The molecule has 118 valence electrons. The lowest BCUT2D eigenvalue weighted by atomic mass is 9.93. The molecule has 0 aromatic heterocycles. The second kappa shape index (κ2) is 7.81. The summed E-state index contributed by atoms with van der Waals surface area (Å²) >= 11 is 0. The number of nitrogens with two attached hydrogens (primary N) is 1. The molecule has 1 aromatic rings. The van der Waals surface area contributed by atoms with Crippen LogP contribution in [0.1, 0.15) is 37.3 Å². The molecule has 0 saturated carbocycles. The van der Waals surface area contributed by atoms with Crippen LogP contribution in [0.5, 0.6) is 5.75 Å². The standard InChI is InChI=1S/C18H30N2O/c1-14-5-6-15(2)18(11-14)21-10-4-9-20-13-17(12-19)8-7-16(20)3/h5-6,11,16-17H,4,7-10,12-13,19H2,1-3H3. The van der Waals surface area contributed by atoms with Crippen molar-refractivity contribution in [2.24, 2.45) is 11.7 Å². The number of piperidine rings is 1. The van der Waals surface area contributed by atoms with Crippen molar-refractivity contribution in [3.63, 3.8) is 0 Å². The van der Waals surface area contributed by atoms with E-state index in [-0.39, 0.29) is 0 Å². The highest BCUT2D eigenvalue weighted by atomic mass is 16.5. The number of benzene rings is 1. The van der Waals surface area contributed by atoms with Gasteiger partial charge in [0.05, 0.1) is 6.61 Å². The zero-order valence-electron chi connectivity index (χ0n) is 13.8. The summed E-state index contributed by atoms with van der Waals surface area (Å²) in [5, 5.41) is 0. The predicted octanol–water partition coefficient (Wildman–Crippen LogP) is 3.13. The molecule has 2 N–H and O–H groups in total. The maximum absolute atomic E-state index is 5.95. The maximum Gasteiger partial charge on any atom is 0.122 e. The van der Waals surface area contributed by atoms with Crippen molar-refractivity contribution in [3.05, 3.63) is 29.3 Å². The molecular formula is C18H30N2O. The van der Waals surface area contributed by atoms with Crippen molar-refractivity contribution in [3.8, 4) is 5.75 Å². The summed E-state index contributed by atoms with van der Waals surface area (Å²) in [4.78, 5) is 2.58. The summed E-state index contributed by atoms with van der Waals surface area (Å²) in [5.74, 6) is 1.71. The minimum Gasteiger partial charge on any atom is -0.493 e. The summed E-state index contributed by atoms with van der Waals surface area (Å²) in [7, 11) is 0. The van der Waals surface area contributed by atoms with Crippen LogP contribution in [-0.2, 0) is 0 Å². The Hall–Kier alpha value is -1.06. The Balaban J connectivity index is 1.75. The number of ether oxygens (including phenoxy) is 1. The SMILES string of the molecule is Cc1ccc(C)c(OCCCN2CC(CN)CCC2C)c1. The van der Waals surface area contributed by atoms with E-state index in [0.29, 0.717) is 12.0 Å². The van der Waals surface area contributed by atoms with Crippen LogP contribution in [0.3, 0.4) is 0 Å². The van der Waals surface area contributed by atoms with E-state index in [9.17, 15) is 0 Å². The molecule has 3 nitrogen and oxygen atoms in total. The smallest absolute Gasteiger partial charge is 0.122 e. The van der Waals surface area contributed by atoms with E-state index in [0.717, 1.165) is 38.4 Å². The van der Waals surface area contributed by atoms with Gasteiger partial charge in [-0.15, -0.1) is 0 Å². The van der Waals surface area contributed by atoms with Crippen molar-refractivity contribution in [1.82, 2.24) is 4.90 Å². The summed E-state index contributed by atoms with van der Waals surface area (Å²) in [5.41, 5.74) is 8.29. The van der Waals surface area contributed by atoms with Crippen LogP contribution in [0.4, 0.5) is 0 Å². The van der Waals surface area contributed by atoms with E-state index in [1.165, 1.54) is 24.0 Å². The molecule has 1 aliphatic heterocycles. The number of nitrogens with zero attached hydrogens (tertiary/aromatic N) is 1. The normalized spacial score (nSPS) is 23.2. The first kappa shape index (κ1) is 16.3. The number of rotatable bonds is 6. The molecule has 1 saturated heterocycles. The lowest BCUT2D eigenvalue weighted by Crippen LogP contribution is -2.44. The Morgan fingerprint density at radius 2 is 2.10 bits per heavy atom. The topological polar surface area (TPSA) is 38.5 Å². The second-order valence-corrected chi connectivity index (χ2v) is 6.49. The Kier molecular flexibility index (Phi) is 6.07. The molecule has 1 fully saturated rings. The number of hydrogen-bond donors (Lipinski definition) is 1. The fraction of sp³-hybridized carbons (Fsp3) is 0.667. The van der Waals surface area contributed by atoms with Gasteiger partial charge in [-0.2, -0.15) is 0 Å². The zero-order chi connectivity index (χ0) is 15.2. The van der Waals surface area contributed by atoms with Crippen LogP contribution >= 0.6 is 0 Å². The van der Waals surface area contributed by atoms with Gasteiger partial charge < -0.3 is 15.4 Å². The van der Waals surface area contributed by atoms with Gasteiger partial charge in [-0.1, -0.05) is 12.1 Å². The Morgan fingerprint density at radius 1 is 1.29 bits per heavy atom. The van der Waals surface area contributed by atoms with E-state index < -0.39 is 0 Å². The fourth-order valence-corrected chi connectivity index (χ4v) is 3.08. The first-order chi connectivity index (χ1) is 10.1. The third-order valence-electron chi connectivity index (χ3n) is 4.63. The van der Waals surface area contributed by atoms with Crippen molar-refractivity contribution in [1.29, 1.82) is 0 Å². The third-order valence-corrected chi connectivity index (χ3v) is 4.63. The van der Waals surface area contributed by atoms with Gasteiger partial charge >= 0.3 is 0 Å². The highest BCUT2D eigenvalue weighted by Gasteiger charge is 2.23. The van der Waals surface area contributed by atoms with Crippen molar-refractivity contribution in [2.75, 3.05) is 26.2 Å². The molecule has 2 atom stereocenters. The second-order valence-electron chi connectivity index (χ2n) is 6.49. The Labute approximate surface area is 129 Å². The summed E-state index contributed by atoms with van der Waals surface area (Å²) < 4.78 is 5.95. The van der Waals surface area contributed by atoms with Crippen LogP contribution in [0.15, 0.2) is 18.2 Å². The largest absolute Gasteiger partial charge is 0.493 e. The molecule has 1 aromatic carbocycles. The lowest BCUT2D eigenvalue weighted by Gasteiger charge is -2.37. The summed E-state index contributed by atoms with van der Waals surface area (Å²) in [6.45, 7) is 10.4. The number of aryl methyl sites for hydroxylation is 2. The van der Waals surface area contributed by atoms with Crippen LogP contribution in [0, 0.1) is 19.8 Å². The van der Waals surface area contributed by atoms with Gasteiger partial charge in [0.2, 0.25) is 0 Å². The molecule has 0 radical (unpaired) electrons. The van der Waals surface area contributed by atoms with Gasteiger partial charge in [0, 0.05) is 19.1 Å². The highest BCUT2D eigenvalue weighted by Crippen LogP contribution is 2.22. The molecule has 21 heavy (non-hydrogen) atoms. The fourth-order valence-electron chi connectivity index (χ4n) is 3.08. The molecule has 0 spiro atoms. The Morgan fingerprint density at radius 3 is 2.86 bits per heavy atom. The van der Waals surface area contributed by atoms with E-state index in [1.807, 2.05) is 0 Å². The summed E-state index contributed by atoms with van der Waals surface area (Å²) in [6.07, 6.45) is 3.64. The van der Waals surface area contributed by atoms with E-state index in [1.54, 1.807) is 0 Å². The van der Waals surface area contributed by atoms with Gasteiger partial charge in [-0.25, -0.2) is 0 Å². The molecule has 0 amide bonds. The van der Waals surface area contributed by atoms with Gasteiger partial charge in [-0.05, 0) is 69.7 Å². The van der Waals surface area contributed by atoms with Crippen LogP contribution in [-0.4, -0.2) is 37.2 Å². The zero-order valence-corrected chi connectivity index (χ0v) is 13.8. The molecule has 0 bridgehead atoms. The van der Waals surface area contributed by atoms with Crippen LogP contribution < -0.4 is 10.5 Å². The predicted molar refractivity (Wildman–Crippen MR) is 88.8 cm³/mol. The average Bonchev–Trinajstić information content (AvgIpc) is 2.48. The summed E-state index contributed by atoms with van der Waals surface area (Å²) in [6, 6.07) is 7.07. The third kappa shape index (κ3) is 4.72. The first-order valence-corrected chi connectivity index (χ1v) is 8.24.